The number of para-hydroxylation sites is 1. The Bertz CT molecular complexity index is 1650. The second-order valence-electron chi connectivity index (χ2n) is 9.02. The van der Waals surface area contributed by atoms with Gasteiger partial charge in [-0.25, -0.2) is 4.98 Å². The van der Waals surface area contributed by atoms with Crippen LogP contribution in [-0.2, 0) is 20.9 Å². The summed E-state index contributed by atoms with van der Waals surface area (Å²) < 4.78 is 4.87. The smallest absolute Gasteiger partial charge is 0.315 e. The molecule has 2 heterocycles. The minimum absolute atomic E-state index is 0.222. The van der Waals surface area contributed by atoms with Gasteiger partial charge in [-0.2, -0.15) is 0 Å². The highest BCUT2D eigenvalue weighted by Crippen LogP contribution is 2.40. The van der Waals surface area contributed by atoms with E-state index >= 15 is 0 Å². The van der Waals surface area contributed by atoms with E-state index in [2.05, 4.69) is 38.4 Å². The first-order valence-corrected chi connectivity index (χ1v) is 13.3. The molecule has 5 aromatic rings. The first-order chi connectivity index (χ1) is 19.5. The van der Waals surface area contributed by atoms with E-state index in [1.165, 1.54) is 0 Å². The molecule has 5 rings (SSSR count). The van der Waals surface area contributed by atoms with Crippen LogP contribution in [0.15, 0.2) is 103 Å². The van der Waals surface area contributed by atoms with Crippen molar-refractivity contribution in [3.8, 4) is 11.1 Å². The predicted octanol–water partition coefficient (Wildman–Crippen LogP) is 7.18. The molecule has 3 aromatic carbocycles. The third kappa shape index (κ3) is 6.11. The Hall–Kier alpha value is -4.75. The first kappa shape index (κ1) is 26.8. The van der Waals surface area contributed by atoms with E-state index in [0.29, 0.717) is 17.4 Å². The van der Waals surface area contributed by atoms with Crippen molar-refractivity contribution in [1.29, 1.82) is 0 Å². The van der Waals surface area contributed by atoms with Crippen LogP contribution in [0.3, 0.4) is 0 Å². The van der Waals surface area contributed by atoms with Crippen molar-refractivity contribution < 1.29 is 14.3 Å². The van der Waals surface area contributed by atoms with Crippen molar-refractivity contribution in [2.75, 3.05) is 16.8 Å². The molecule has 0 spiro atoms. The van der Waals surface area contributed by atoms with Crippen LogP contribution in [0.2, 0.25) is 5.15 Å². The zero-order chi connectivity index (χ0) is 27.9. The van der Waals surface area contributed by atoms with Crippen molar-refractivity contribution in [2.24, 2.45) is 0 Å². The van der Waals surface area contributed by atoms with Crippen molar-refractivity contribution >= 4 is 51.3 Å². The number of halogens is 1. The van der Waals surface area contributed by atoms with Crippen LogP contribution in [0.5, 0.6) is 0 Å². The summed E-state index contributed by atoms with van der Waals surface area (Å²) in [5, 5.41) is 4.94. The Kier molecular flexibility index (Phi) is 8.32. The van der Waals surface area contributed by atoms with Gasteiger partial charge in [0.1, 0.15) is 11.6 Å². The van der Waals surface area contributed by atoms with Crippen molar-refractivity contribution in [3.63, 3.8) is 0 Å². The molecule has 1 N–H and O–H groups in total. The fourth-order valence-electron chi connectivity index (χ4n) is 4.59. The molecular weight excluding hydrogens is 524 g/mol. The molecule has 0 bridgehead atoms. The summed E-state index contributed by atoms with van der Waals surface area (Å²) in [6.07, 6.45) is 3.22. The van der Waals surface area contributed by atoms with Gasteiger partial charge in [-0.05, 0) is 60.3 Å². The highest BCUT2D eigenvalue weighted by Gasteiger charge is 2.18. The number of carbonyl (C=O) groups excluding carboxylic acids is 2. The van der Waals surface area contributed by atoms with Crippen LogP contribution in [0.1, 0.15) is 19.0 Å². The van der Waals surface area contributed by atoms with Crippen LogP contribution >= 0.6 is 11.6 Å². The molecule has 2 aromatic heterocycles. The molecule has 0 fully saturated rings. The summed E-state index contributed by atoms with van der Waals surface area (Å²) in [5.41, 5.74) is 4.97. The second-order valence-corrected chi connectivity index (χ2v) is 9.37. The van der Waals surface area contributed by atoms with Crippen LogP contribution in [0, 0.1) is 0 Å². The summed E-state index contributed by atoms with van der Waals surface area (Å²) >= 11 is 6.69. The number of benzene rings is 3. The fraction of sp³-hybridized carbons (Fsp3) is 0.125. The molecule has 40 heavy (non-hydrogen) atoms. The highest BCUT2D eigenvalue weighted by molar-refractivity contribution is 6.34. The Morgan fingerprint density at radius 1 is 0.900 bits per heavy atom. The van der Waals surface area contributed by atoms with Crippen LogP contribution in [0.4, 0.5) is 17.1 Å². The second kappa shape index (κ2) is 12.4. The molecule has 1 amide bonds. The number of carbonyl (C=O) groups is 2. The number of amides is 1. The van der Waals surface area contributed by atoms with Crippen LogP contribution in [0.25, 0.3) is 21.9 Å². The monoisotopic (exact) mass is 550 g/mol. The SMILES string of the molecule is CCOC(=O)CC(=O)Nc1cccc(-c2c(Cl)ncc3c(N(Cc4ccccn4)c4ccccc4)cccc23)c1. The topological polar surface area (TPSA) is 84.4 Å². The maximum atomic E-state index is 12.4. The molecule has 0 aliphatic heterocycles. The lowest BCUT2D eigenvalue weighted by molar-refractivity contribution is -0.145. The van der Waals surface area contributed by atoms with Gasteiger partial charge >= 0.3 is 5.97 Å². The molecule has 0 saturated carbocycles. The summed E-state index contributed by atoms with van der Waals surface area (Å²) in [6.45, 7) is 2.48. The van der Waals surface area contributed by atoms with E-state index in [4.69, 9.17) is 16.3 Å². The van der Waals surface area contributed by atoms with Gasteiger partial charge in [-0.15, -0.1) is 0 Å². The van der Waals surface area contributed by atoms with Gasteiger partial charge in [0.05, 0.1) is 24.5 Å². The Labute approximate surface area is 237 Å². The van der Waals surface area contributed by atoms with Gasteiger partial charge in [-0.3, -0.25) is 14.6 Å². The molecule has 0 aliphatic rings. The van der Waals surface area contributed by atoms with E-state index < -0.39 is 11.9 Å². The molecule has 0 saturated heterocycles. The number of anilines is 3. The average Bonchev–Trinajstić information content (AvgIpc) is 2.96. The summed E-state index contributed by atoms with van der Waals surface area (Å²) in [5.74, 6) is -1.02. The molecule has 7 nitrogen and oxygen atoms in total. The van der Waals surface area contributed by atoms with E-state index in [-0.39, 0.29) is 13.0 Å². The van der Waals surface area contributed by atoms with E-state index in [0.717, 1.165) is 39.0 Å². The number of hydrogen-bond acceptors (Lipinski definition) is 6. The molecule has 0 unspecified atom stereocenters. The molecule has 0 atom stereocenters. The largest absolute Gasteiger partial charge is 0.466 e. The molecule has 200 valence electrons. The lowest BCUT2D eigenvalue weighted by atomic mass is 9.99. The summed E-state index contributed by atoms with van der Waals surface area (Å²) in [6, 6.07) is 29.4. The first-order valence-electron chi connectivity index (χ1n) is 12.9. The molecule has 8 heteroatoms. The molecular formula is C32H27ClN4O3. The predicted molar refractivity (Wildman–Crippen MR) is 159 cm³/mol. The normalized spacial score (nSPS) is 10.8. The third-order valence-corrected chi connectivity index (χ3v) is 6.60. The van der Waals surface area contributed by atoms with Gasteiger partial charge in [0.15, 0.2) is 0 Å². The number of nitrogens with one attached hydrogen (secondary N) is 1. The van der Waals surface area contributed by atoms with E-state index in [1.54, 1.807) is 25.4 Å². The van der Waals surface area contributed by atoms with Crippen molar-refractivity contribution in [1.82, 2.24) is 9.97 Å². The Morgan fingerprint density at radius 2 is 1.70 bits per heavy atom. The number of fused-ring (bicyclic) bond motifs is 1. The number of nitrogens with zero attached hydrogens (tertiary/aromatic N) is 3. The zero-order valence-electron chi connectivity index (χ0n) is 21.9. The highest BCUT2D eigenvalue weighted by atomic mass is 35.5. The van der Waals surface area contributed by atoms with Gasteiger partial charge in [0, 0.05) is 34.7 Å². The number of hydrogen-bond donors (Lipinski definition) is 1. The number of esters is 1. The van der Waals surface area contributed by atoms with Crippen LogP contribution < -0.4 is 10.2 Å². The number of aromatic nitrogens is 2. The van der Waals surface area contributed by atoms with Gasteiger partial charge < -0.3 is 15.0 Å². The van der Waals surface area contributed by atoms with Gasteiger partial charge in [0.25, 0.3) is 0 Å². The third-order valence-electron chi connectivity index (χ3n) is 6.32. The van der Waals surface area contributed by atoms with Gasteiger partial charge in [0.2, 0.25) is 5.91 Å². The number of pyridine rings is 2. The summed E-state index contributed by atoms with van der Waals surface area (Å²) in [7, 11) is 0. The molecule has 0 aliphatic carbocycles. The van der Waals surface area contributed by atoms with Crippen molar-refractivity contribution in [2.45, 2.75) is 19.9 Å². The number of ether oxygens (including phenoxy) is 1. The quantitative estimate of drug-likeness (QED) is 0.119. The standard InChI is InChI=1S/C32H27ClN4O3/c1-2-40-30(39)19-29(38)36-23-12-8-10-22(18-23)31-26-15-9-16-28(27(26)20-35-32(31)33)37(25-13-4-3-5-14-25)21-24-11-6-7-17-34-24/h3-18,20H,2,19,21H2,1H3,(H,36,38). The zero-order valence-corrected chi connectivity index (χ0v) is 22.6. The average molecular weight is 551 g/mol. The summed E-state index contributed by atoms with van der Waals surface area (Å²) in [4.78, 5) is 35.4. The minimum atomic E-state index is -0.571. The Balaban J connectivity index is 1.56. The van der Waals surface area contributed by atoms with E-state index in [9.17, 15) is 9.59 Å². The minimum Gasteiger partial charge on any atom is -0.466 e. The maximum absolute atomic E-state index is 12.4. The lowest BCUT2D eigenvalue weighted by Gasteiger charge is -2.26. The lowest BCUT2D eigenvalue weighted by Crippen LogP contribution is -2.18. The van der Waals surface area contributed by atoms with E-state index in [1.807, 2.05) is 66.7 Å². The maximum Gasteiger partial charge on any atom is 0.315 e. The van der Waals surface area contributed by atoms with Crippen LogP contribution in [-0.4, -0.2) is 28.5 Å². The number of rotatable bonds is 9. The van der Waals surface area contributed by atoms with Gasteiger partial charge in [-0.1, -0.05) is 60.1 Å². The van der Waals surface area contributed by atoms with Crippen molar-refractivity contribution in [3.05, 3.63) is 114 Å². The fourth-order valence-corrected chi connectivity index (χ4v) is 4.85. The Morgan fingerprint density at radius 3 is 2.48 bits per heavy atom. The molecule has 0 radical (unpaired) electrons.